The molecule has 0 spiro atoms. The van der Waals surface area contributed by atoms with E-state index in [1.54, 1.807) is 30.3 Å². The van der Waals surface area contributed by atoms with Crippen molar-refractivity contribution >= 4 is 18.2 Å². The van der Waals surface area contributed by atoms with Gasteiger partial charge in [0.1, 0.15) is 5.75 Å². The number of carbonyl (C=O) groups is 3. The average molecular weight is 413 g/mol. The van der Waals surface area contributed by atoms with Gasteiger partial charge < -0.3 is 14.2 Å². The number of alkyl carbamates (subject to hydrolysis) is 1. The summed E-state index contributed by atoms with van der Waals surface area (Å²) in [6.07, 6.45) is -3.42. The predicted octanol–water partition coefficient (Wildman–Crippen LogP) is 5.07. The fourth-order valence-electron chi connectivity index (χ4n) is 2.93. The summed E-state index contributed by atoms with van der Waals surface area (Å²) in [6.45, 7) is 7.94. The number of rotatable bonds is 6. The van der Waals surface area contributed by atoms with Gasteiger partial charge in [0.2, 0.25) is 6.10 Å². The number of nitrogens with one attached hydrogen (secondary N) is 1. The highest BCUT2D eigenvalue weighted by Gasteiger charge is 2.27. The number of amides is 2. The van der Waals surface area contributed by atoms with Crippen LogP contribution < -0.4 is 10.1 Å². The van der Waals surface area contributed by atoms with E-state index in [0.717, 1.165) is 11.1 Å². The molecule has 7 heteroatoms. The van der Waals surface area contributed by atoms with Gasteiger partial charge >= 0.3 is 18.2 Å². The first kappa shape index (κ1) is 22.9. The summed E-state index contributed by atoms with van der Waals surface area (Å²) in [5.74, 6) is -0.127. The quantitative estimate of drug-likeness (QED) is 0.665. The van der Waals surface area contributed by atoms with Crippen LogP contribution in [0.25, 0.3) is 0 Å². The van der Waals surface area contributed by atoms with Gasteiger partial charge in [-0.15, -0.1) is 0 Å². The molecule has 2 amide bonds. The van der Waals surface area contributed by atoms with E-state index < -0.39 is 24.3 Å². The molecular weight excluding hydrogens is 386 g/mol. The van der Waals surface area contributed by atoms with Gasteiger partial charge in [-0.2, -0.15) is 0 Å². The Balaban J connectivity index is 2.15. The molecule has 160 valence electrons. The first-order valence-corrected chi connectivity index (χ1v) is 9.69. The summed E-state index contributed by atoms with van der Waals surface area (Å²) in [7, 11) is 1.18. The minimum atomic E-state index is -1.31. The molecule has 0 aliphatic heterocycles. The molecule has 2 aromatic rings. The molecule has 0 aliphatic carbocycles. The second kappa shape index (κ2) is 10.4. The van der Waals surface area contributed by atoms with Crippen LogP contribution in [-0.2, 0) is 14.3 Å². The van der Waals surface area contributed by atoms with Crippen LogP contribution in [0, 0.1) is 0 Å². The Morgan fingerprint density at radius 3 is 1.87 bits per heavy atom. The van der Waals surface area contributed by atoms with Crippen molar-refractivity contribution < 1.29 is 28.6 Å². The maximum atomic E-state index is 12.4. The topological polar surface area (TPSA) is 90.9 Å². The molecular formula is C23H27NO6. The second-order valence-electron chi connectivity index (χ2n) is 7.31. The predicted molar refractivity (Wildman–Crippen MR) is 111 cm³/mol. The lowest BCUT2D eigenvalue weighted by Gasteiger charge is -2.19. The fourth-order valence-corrected chi connectivity index (χ4v) is 2.93. The van der Waals surface area contributed by atoms with Crippen molar-refractivity contribution in [3.05, 3.63) is 65.2 Å². The standard InChI is InChI=1S/C23H27NO6/c1-14(2)17-12-9-13-18(15(3)4)20(17)30-23(27)24-22(26)29-19(21(25)28-5)16-10-7-6-8-11-16/h6-15,19H,1-5H3,(H,24,26,27). The van der Waals surface area contributed by atoms with Crippen LogP contribution in [0.1, 0.15) is 62.3 Å². The Kier molecular flexibility index (Phi) is 7.98. The number of hydrogen-bond donors (Lipinski definition) is 1. The number of carbonyl (C=O) groups excluding carboxylic acids is 3. The lowest BCUT2D eigenvalue weighted by atomic mass is 9.94. The summed E-state index contributed by atoms with van der Waals surface area (Å²) in [5, 5.41) is 2.01. The van der Waals surface area contributed by atoms with Gasteiger partial charge in [-0.1, -0.05) is 76.2 Å². The summed E-state index contributed by atoms with van der Waals surface area (Å²) in [4.78, 5) is 36.6. The zero-order valence-corrected chi connectivity index (χ0v) is 17.8. The molecule has 2 rings (SSSR count). The van der Waals surface area contributed by atoms with Crippen molar-refractivity contribution in [1.29, 1.82) is 0 Å². The van der Waals surface area contributed by atoms with Crippen molar-refractivity contribution in [2.75, 3.05) is 7.11 Å². The largest absolute Gasteiger partial charge is 0.466 e. The molecule has 0 radical (unpaired) electrons. The van der Waals surface area contributed by atoms with E-state index in [1.807, 2.05) is 51.2 Å². The molecule has 0 fully saturated rings. The van der Waals surface area contributed by atoms with Gasteiger partial charge in [0, 0.05) is 5.56 Å². The highest BCUT2D eigenvalue weighted by Crippen LogP contribution is 2.34. The van der Waals surface area contributed by atoms with Crippen LogP contribution >= 0.6 is 0 Å². The van der Waals surface area contributed by atoms with Crippen molar-refractivity contribution in [2.24, 2.45) is 0 Å². The molecule has 0 bridgehead atoms. The molecule has 1 atom stereocenters. The molecule has 0 aliphatic rings. The normalized spacial score (nSPS) is 11.7. The summed E-state index contributed by atoms with van der Waals surface area (Å²) < 4.78 is 15.3. The molecule has 7 nitrogen and oxygen atoms in total. The van der Waals surface area contributed by atoms with Gasteiger partial charge in [0.15, 0.2) is 0 Å². The van der Waals surface area contributed by atoms with E-state index in [9.17, 15) is 14.4 Å². The van der Waals surface area contributed by atoms with E-state index in [-0.39, 0.29) is 11.8 Å². The maximum Gasteiger partial charge on any atom is 0.422 e. The van der Waals surface area contributed by atoms with Crippen LogP contribution in [0.2, 0.25) is 0 Å². The molecule has 0 saturated carbocycles. The van der Waals surface area contributed by atoms with Gasteiger partial charge in [0.05, 0.1) is 7.11 Å². The average Bonchev–Trinajstić information content (AvgIpc) is 2.71. The van der Waals surface area contributed by atoms with E-state index in [0.29, 0.717) is 11.3 Å². The SMILES string of the molecule is COC(=O)C(OC(=O)NC(=O)Oc1c(C(C)C)cccc1C(C)C)c1ccccc1. The third-order valence-electron chi connectivity index (χ3n) is 4.46. The molecule has 0 heterocycles. The Labute approximate surface area is 176 Å². The van der Waals surface area contributed by atoms with E-state index >= 15 is 0 Å². The first-order chi connectivity index (χ1) is 14.2. The van der Waals surface area contributed by atoms with Gasteiger partial charge in [0.25, 0.3) is 0 Å². The maximum absolute atomic E-state index is 12.4. The summed E-state index contributed by atoms with van der Waals surface area (Å²) in [5.41, 5.74) is 2.11. The van der Waals surface area contributed by atoms with Crippen LogP contribution in [-0.4, -0.2) is 25.3 Å². The number of esters is 1. The highest BCUT2D eigenvalue weighted by molar-refractivity contribution is 5.90. The fraction of sp³-hybridized carbons (Fsp3) is 0.348. The Bertz CT molecular complexity index is 866. The number of imide groups is 1. The Morgan fingerprint density at radius 1 is 0.800 bits per heavy atom. The molecule has 1 N–H and O–H groups in total. The monoisotopic (exact) mass is 413 g/mol. The minimum Gasteiger partial charge on any atom is -0.466 e. The Hall–Kier alpha value is -3.35. The van der Waals surface area contributed by atoms with E-state index in [2.05, 4.69) is 0 Å². The van der Waals surface area contributed by atoms with E-state index in [4.69, 9.17) is 14.2 Å². The third-order valence-corrected chi connectivity index (χ3v) is 4.46. The number of methoxy groups -OCH3 is 1. The van der Waals surface area contributed by atoms with Gasteiger partial charge in [-0.3, -0.25) is 0 Å². The molecule has 1 unspecified atom stereocenters. The molecule has 30 heavy (non-hydrogen) atoms. The zero-order chi connectivity index (χ0) is 22.3. The van der Waals surface area contributed by atoms with Crippen LogP contribution in [0.3, 0.4) is 0 Å². The minimum absolute atomic E-state index is 0.111. The summed E-state index contributed by atoms with van der Waals surface area (Å²) >= 11 is 0. The number of hydrogen-bond acceptors (Lipinski definition) is 6. The third kappa shape index (κ3) is 5.83. The number of benzene rings is 2. The Morgan fingerprint density at radius 2 is 1.37 bits per heavy atom. The lowest BCUT2D eigenvalue weighted by molar-refractivity contribution is -0.150. The highest BCUT2D eigenvalue weighted by atomic mass is 16.6. The van der Waals surface area contributed by atoms with Crippen LogP contribution in [0.4, 0.5) is 9.59 Å². The zero-order valence-electron chi connectivity index (χ0n) is 17.8. The van der Waals surface area contributed by atoms with Crippen molar-refractivity contribution in [3.8, 4) is 5.75 Å². The van der Waals surface area contributed by atoms with Crippen molar-refractivity contribution in [3.63, 3.8) is 0 Å². The number of para-hydroxylation sites is 1. The van der Waals surface area contributed by atoms with Crippen molar-refractivity contribution in [2.45, 2.75) is 45.6 Å². The smallest absolute Gasteiger partial charge is 0.422 e. The van der Waals surface area contributed by atoms with Gasteiger partial charge in [-0.25, -0.2) is 19.7 Å². The summed E-state index contributed by atoms with van der Waals surface area (Å²) in [6, 6.07) is 14.0. The number of ether oxygens (including phenoxy) is 3. The molecule has 0 saturated heterocycles. The van der Waals surface area contributed by atoms with Crippen LogP contribution in [0.5, 0.6) is 5.75 Å². The van der Waals surface area contributed by atoms with E-state index in [1.165, 1.54) is 7.11 Å². The molecule has 2 aromatic carbocycles. The molecule has 0 aromatic heterocycles. The first-order valence-electron chi connectivity index (χ1n) is 9.69. The second-order valence-corrected chi connectivity index (χ2v) is 7.31. The van der Waals surface area contributed by atoms with Gasteiger partial charge in [-0.05, 0) is 23.0 Å². The van der Waals surface area contributed by atoms with Crippen molar-refractivity contribution in [1.82, 2.24) is 5.32 Å². The van der Waals surface area contributed by atoms with Crippen LogP contribution in [0.15, 0.2) is 48.5 Å². The lowest BCUT2D eigenvalue weighted by Crippen LogP contribution is -2.36.